The second kappa shape index (κ2) is 11.5. The Morgan fingerprint density at radius 1 is 1.27 bits per heavy atom. The van der Waals surface area contributed by atoms with Gasteiger partial charge in [-0.2, -0.15) is 0 Å². The molecule has 0 saturated heterocycles. The van der Waals surface area contributed by atoms with Gasteiger partial charge in [0.2, 0.25) is 0 Å². The lowest BCUT2D eigenvalue weighted by atomic mass is 9.90. The van der Waals surface area contributed by atoms with Crippen molar-refractivity contribution >= 4 is 12.0 Å². The molecule has 0 aliphatic rings. The van der Waals surface area contributed by atoms with Crippen molar-refractivity contribution in [2.75, 3.05) is 6.61 Å². The number of carbonyl (C=O) groups is 1. The third-order valence-electron chi connectivity index (χ3n) is 4.18. The molecule has 0 aromatic heterocycles. The molecule has 5 heteroatoms. The van der Waals surface area contributed by atoms with Gasteiger partial charge in [-0.3, -0.25) is 0 Å². The number of esters is 1. The highest BCUT2D eigenvalue weighted by atomic mass is 16.5. The van der Waals surface area contributed by atoms with Crippen molar-refractivity contribution in [3.05, 3.63) is 48.1 Å². The minimum atomic E-state index is -1.42. The van der Waals surface area contributed by atoms with Crippen LogP contribution in [0.25, 0.3) is 6.08 Å². The van der Waals surface area contributed by atoms with Gasteiger partial charge >= 0.3 is 5.97 Å². The molecule has 0 fully saturated rings. The molecule has 0 radical (unpaired) electrons. The number of phenolic OH excluding ortho intramolecular Hbond substituents is 1. The van der Waals surface area contributed by atoms with E-state index >= 15 is 0 Å². The van der Waals surface area contributed by atoms with Crippen molar-refractivity contribution in [1.29, 1.82) is 0 Å². The first-order valence-corrected chi connectivity index (χ1v) is 9.06. The van der Waals surface area contributed by atoms with Gasteiger partial charge in [-0.05, 0) is 43.9 Å². The van der Waals surface area contributed by atoms with Gasteiger partial charge in [-0.25, -0.2) is 4.79 Å². The van der Waals surface area contributed by atoms with E-state index in [1.54, 1.807) is 25.1 Å². The Morgan fingerprint density at radius 3 is 2.58 bits per heavy atom. The molecule has 0 saturated carbocycles. The smallest absolute Gasteiger partial charge is 0.335 e. The summed E-state index contributed by atoms with van der Waals surface area (Å²) in [6.45, 7) is 7.52. The molecule has 0 heterocycles. The highest BCUT2D eigenvalue weighted by Gasteiger charge is 2.30. The number of aliphatic hydroxyl groups excluding tert-OH is 2. The van der Waals surface area contributed by atoms with Crippen LogP contribution in [0.15, 0.2) is 42.5 Å². The SMILES string of the molecule is C=C[C@H]([C@H](O)CC/C(=C/c1cccc(O)c1)CCC)[C@H](O)C(=O)OCC. The van der Waals surface area contributed by atoms with E-state index < -0.39 is 24.1 Å². The fourth-order valence-electron chi connectivity index (χ4n) is 2.85. The number of benzene rings is 1. The van der Waals surface area contributed by atoms with Gasteiger partial charge in [0.25, 0.3) is 0 Å². The van der Waals surface area contributed by atoms with Crippen molar-refractivity contribution in [1.82, 2.24) is 0 Å². The summed E-state index contributed by atoms with van der Waals surface area (Å²) in [5.41, 5.74) is 2.03. The number of ether oxygens (including phenoxy) is 1. The molecule has 0 amide bonds. The zero-order chi connectivity index (χ0) is 19.5. The Bertz CT molecular complexity index is 608. The summed E-state index contributed by atoms with van der Waals surface area (Å²) in [7, 11) is 0. The first kappa shape index (κ1) is 21.9. The molecule has 3 N–H and O–H groups in total. The minimum absolute atomic E-state index is 0.170. The quantitative estimate of drug-likeness (QED) is 0.415. The van der Waals surface area contributed by atoms with E-state index in [2.05, 4.69) is 13.5 Å². The molecule has 1 rings (SSSR count). The molecule has 1 aromatic rings. The van der Waals surface area contributed by atoms with Gasteiger partial charge in [0.1, 0.15) is 5.75 Å². The average Bonchev–Trinajstić information content (AvgIpc) is 2.60. The van der Waals surface area contributed by atoms with Crippen LogP contribution in [-0.2, 0) is 9.53 Å². The second-order valence-corrected chi connectivity index (χ2v) is 6.26. The standard InChI is InChI=1S/C21H30O5/c1-4-8-15(13-16-9-7-10-17(22)14-16)11-12-19(23)18(5-2)20(24)21(25)26-6-3/h5,7,9-10,13-14,18-20,22-24H,2,4,6,8,11-12H2,1,3H3/b15-13+/t18-,19-,20+/m1/s1. The maximum atomic E-state index is 11.7. The van der Waals surface area contributed by atoms with Crippen molar-refractivity contribution in [3.8, 4) is 5.75 Å². The molecule has 0 bridgehead atoms. The maximum Gasteiger partial charge on any atom is 0.335 e. The van der Waals surface area contributed by atoms with Gasteiger partial charge in [0, 0.05) is 5.92 Å². The highest BCUT2D eigenvalue weighted by molar-refractivity contribution is 5.75. The number of hydrogen-bond acceptors (Lipinski definition) is 5. The summed E-state index contributed by atoms with van der Waals surface area (Å²) >= 11 is 0. The normalized spacial score (nSPS) is 15.2. The number of aromatic hydroxyl groups is 1. The van der Waals surface area contributed by atoms with Crippen LogP contribution in [0.5, 0.6) is 5.75 Å². The predicted octanol–water partition coefficient (Wildman–Crippen LogP) is 3.44. The summed E-state index contributed by atoms with van der Waals surface area (Å²) in [4.78, 5) is 11.7. The first-order chi connectivity index (χ1) is 12.4. The fourth-order valence-corrected chi connectivity index (χ4v) is 2.85. The Morgan fingerprint density at radius 2 is 2.00 bits per heavy atom. The summed E-state index contributed by atoms with van der Waals surface area (Å²) in [5.74, 6) is -1.32. The molecule has 1 aromatic carbocycles. The monoisotopic (exact) mass is 362 g/mol. The third kappa shape index (κ3) is 7.02. The number of aliphatic hydroxyl groups is 2. The number of phenols is 1. The van der Waals surface area contributed by atoms with Crippen molar-refractivity contribution in [2.45, 2.75) is 51.7 Å². The van der Waals surface area contributed by atoms with Crippen LogP contribution in [0.2, 0.25) is 0 Å². The topological polar surface area (TPSA) is 87.0 Å². The molecular formula is C21H30O5. The van der Waals surface area contributed by atoms with Gasteiger partial charge in [-0.1, -0.05) is 43.2 Å². The molecule has 0 spiro atoms. The first-order valence-electron chi connectivity index (χ1n) is 9.06. The van der Waals surface area contributed by atoms with Crippen molar-refractivity contribution < 1.29 is 24.9 Å². The lowest BCUT2D eigenvalue weighted by molar-refractivity contribution is -0.157. The summed E-state index contributed by atoms with van der Waals surface area (Å²) in [6, 6.07) is 6.99. The van der Waals surface area contributed by atoms with E-state index in [1.807, 2.05) is 12.1 Å². The van der Waals surface area contributed by atoms with E-state index in [9.17, 15) is 20.1 Å². The average molecular weight is 362 g/mol. The number of allylic oxidation sites excluding steroid dienone is 1. The largest absolute Gasteiger partial charge is 0.508 e. The van der Waals surface area contributed by atoms with Crippen molar-refractivity contribution in [3.63, 3.8) is 0 Å². The second-order valence-electron chi connectivity index (χ2n) is 6.26. The van der Waals surface area contributed by atoms with Gasteiger partial charge in [0.05, 0.1) is 12.7 Å². The Hall–Kier alpha value is -2.11. The molecule has 0 aliphatic carbocycles. The molecule has 3 atom stereocenters. The van der Waals surface area contributed by atoms with Crippen LogP contribution >= 0.6 is 0 Å². The van der Waals surface area contributed by atoms with Gasteiger partial charge in [0.15, 0.2) is 6.10 Å². The van der Waals surface area contributed by atoms with Crippen LogP contribution in [0.4, 0.5) is 0 Å². The molecule has 144 valence electrons. The van der Waals surface area contributed by atoms with Crippen LogP contribution in [0, 0.1) is 5.92 Å². The van der Waals surface area contributed by atoms with E-state index in [4.69, 9.17) is 4.74 Å². The molecule has 26 heavy (non-hydrogen) atoms. The Labute approximate surface area is 155 Å². The Balaban J connectivity index is 2.77. The van der Waals surface area contributed by atoms with E-state index in [1.165, 1.54) is 6.08 Å². The van der Waals surface area contributed by atoms with E-state index in [-0.39, 0.29) is 12.4 Å². The molecular weight excluding hydrogens is 332 g/mol. The zero-order valence-corrected chi connectivity index (χ0v) is 15.6. The van der Waals surface area contributed by atoms with Crippen molar-refractivity contribution in [2.24, 2.45) is 5.92 Å². The predicted molar refractivity (Wildman–Crippen MR) is 103 cm³/mol. The minimum Gasteiger partial charge on any atom is -0.508 e. The summed E-state index contributed by atoms with van der Waals surface area (Å²) < 4.78 is 4.81. The number of hydrogen-bond donors (Lipinski definition) is 3. The zero-order valence-electron chi connectivity index (χ0n) is 15.6. The van der Waals surface area contributed by atoms with Crippen LogP contribution in [0.3, 0.4) is 0 Å². The number of carbonyl (C=O) groups excluding carboxylic acids is 1. The molecule has 5 nitrogen and oxygen atoms in total. The van der Waals surface area contributed by atoms with Gasteiger partial charge < -0.3 is 20.1 Å². The van der Waals surface area contributed by atoms with E-state index in [0.717, 1.165) is 24.0 Å². The van der Waals surface area contributed by atoms with Crippen LogP contribution in [-0.4, -0.2) is 40.1 Å². The summed E-state index contributed by atoms with van der Waals surface area (Å²) in [5, 5.41) is 30.1. The van der Waals surface area contributed by atoms with Crippen LogP contribution < -0.4 is 0 Å². The summed E-state index contributed by atoms with van der Waals surface area (Å²) in [6.07, 6.45) is 3.88. The number of rotatable bonds is 11. The molecule has 0 unspecified atom stereocenters. The van der Waals surface area contributed by atoms with E-state index in [0.29, 0.717) is 12.8 Å². The van der Waals surface area contributed by atoms with Gasteiger partial charge in [-0.15, -0.1) is 6.58 Å². The van der Waals surface area contributed by atoms with Crippen LogP contribution in [0.1, 0.15) is 45.1 Å². The fraction of sp³-hybridized carbons (Fsp3) is 0.476. The third-order valence-corrected chi connectivity index (χ3v) is 4.18. The maximum absolute atomic E-state index is 11.7. The highest BCUT2D eigenvalue weighted by Crippen LogP contribution is 2.23. The molecule has 0 aliphatic heterocycles. The lowest BCUT2D eigenvalue weighted by Gasteiger charge is -2.24. The lowest BCUT2D eigenvalue weighted by Crippen LogP contribution is -2.37. The Kier molecular flexibility index (Phi) is 9.70.